The fraction of sp³-hybridized carbons (Fsp3) is 1.00. The molecule has 0 bridgehead atoms. The van der Waals surface area contributed by atoms with Crippen LogP contribution >= 0.6 is 0 Å². The lowest BCUT2D eigenvalue weighted by Crippen LogP contribution is -2.45. The molecule has 0 aromatic heterocycles. The smallest absolute Gasteiger partial charge is 0.0628 e. The van der Waals surface area contributed by atoms with Crippen LogP contribution in [0.2, 0.25) is 0 Å². The topological polar surface area (TPSA) is 24.5 Å². The lowest BCUT2D eigenvalue weighted by atomic mass is 10.2. The Kier molecular flexibility index (Phi) is 7.01. The summed E-state index contributed by atoms with van der Waals surface area (Å²) in [5.41, 5.74) is 0. The normalized spacial score (nSPS) is 19.5. The van der Waals surface area contributed by atoms with Gasteiger partial charge in [0.05, 0.1) is 6.61 Å². The molecule has 0 aromatic rings. The molecule has 0 aromatic carbocycles. The zero-order chi connectivity index (χ0) is 11.8. The molecule has 0 spiro atoms. The minimum absolute atomic E-state index is 0.482. The fourth-order valence-corrected chi connectivity index (χ4v) is 2.57. The van der Waals surface area contributed by atoms with Gasteiger partial charge in [0, 0.05) is 25.7 Å². The first-order valence-corrected chi connectivity index (χ1v) is 6.70. The van der Waals surface area contributed by atoms with Gasteiger partial charge >= 0.3 is 0 Å². The van der Waals surface area contributed by atoms with Crippen LogP contribution < -0.4 is 5.32 Å². The summed E-state index contributed by atoms with van der Waals surface area (Å²) < 4.78 is 5.28. The molecule has 1 N–H and O–H groups in total. The van der Waals surface area contributed by atoms with Crippen LogP contribution in [0.4, 0.5) is 0 Å². The Hall–Kier alpha value is -0.120. The molecule has 0 saturated heterocycles. The van der Waals surface area contributed by atoms with Gasteiger partial charge in [-0.25, -0.2) is 0 Å². The van der Waals surface area contributed by atoms with Crippen molar-refractivity contribution in [3.63, 3.8) is 0 Å². The van der Waals surface area contributed by atoms with Gasteiger partial charge in [-0.3, -0.25) is 0 Å². The molecule has 3 nitrogen and oxygen atoms in total. The third-order valence-electron chi connectivity index (χ3n) is 3.51. The number of rotatable bonds is 8. The highest BCUT2D eigenvalue weighted by Gasteiger charge is 2.21. The summed E-state index contributed by atoms with van der Waals surface area (Å²) in [6.07, 6.45) is 6.76. The Morgan fingerprint density at radius 2 is 2.06 bits per heavy atom. The van der Waals surface area contributed by atoms with Crippen LogP contribution in [0, 0.1) is 0 Å². The number of hydrogen-bond donors (Lipinski definition) is 1. The Balaban J connectivity index is 2.27. The van der Waals surface area contributed by atoms with Crippen molar-refractivity contribution in [2.24, 2.45) is 0 Å². The van der Waals surface area contributed by atoms with E-state index in [-0.39, 0.29) is 0 Å². The maximum Gasteiger partial charge on any atom is 0.0628 e. The second-order valence-corrected chi connectivity index (χ2v) is 4.98. The van der Waals surface area contributed by atoms with Crippen LogP contribution in [0.25, 0.3) is 0 Å². The average Bonchev–Trinajstić information content (AvgIpc) is 2.79. The Labute approximate surface area is 101 Å². The molecule has 0 aliphatic heterocycles. The molecule has 96 valence electrons. The van der Waals surface area contributed by atoms with Gasteiger partial charge in [0.1, 0.15) is 0 Å². The van der Waals surface area contributed by atoms with Gasteiger partial charge in [-0.05, 0) is 32.9 Å². The van der Waals surface area contributed by atoms with Gasteiger partial charge in [-0.15, -0.1) is 0 Å². The standard InChI is InChI=1S/C13H28N2O/c1-4-9-14-12(11-16-3)10-15(2)13-7-5-6-8-13/h12-14H,4-11H2,1-3H3. The van der Waals surface area contributed by atoms with Crippen LogP contribution in [0.5, 0.6) is 0 Å². The van der Waals surface area contributed by atoms with E-state index in [0.29, 0.717) is 6.04 Å². The molecule has 3 heteroatoms. The van der Waals surface area contributed by atoms with Crippen LogP contribution in [-0.4, -0.2) is 50.8 Å². The number of methoxy groups -OCH3 is 1. The minimum atomic E-state index is 0.482. The molecule has 1 unspecified atom stereocenters. The number of nitrogens with one attached hydrogen (secondary N) is 1. The SMILES string of the molecule is CCCNC(COC)CN(C)C1CCCC1. The first-order chi connectivity index (χ1) is 7.77. The summed E-state index contributed by atoms with van der Waals surface area (Å²) in [4.78, 5) is 2.51. The zero-order valence-electron chi connectivity index (χ0n) is 11.2. The van der Waals surface area contributed by atoms with Gasteiger partial charge in [0.15, 0.2) is 0 Å². The highest BCUT2D eigenvalue weighted by molar-refractivity contribution is 4.79. The summed E-state index contributed by atoms with van der Waals surface area (Å²) in [6, 6.07) is 1.29. The van der Waals surface area contributed by atoms with Crippen molar-refractivity contribution in [2.45, 2.75) is 51.1 Å². The molecule has 1 rings (SSSR count). The van der Waals surface area contributed by atoms with Crippen molar-refractivity contribution in [3.8, 4) is 0 Å². The highest BCUT2D eigenvalue weighted by Crippen LogP contribution is 2.22. The third-order valence-corrected chi connectivity index (χ3v) is 3.51. The Bertz CT molecular complexity index is 169. The molecule has 1 fully saturated rings. The van der Waals surface area contributed by atoms with Crippen molar-refractivity contribution >= 4 is 0 Å². The maximum atomic E-state index is 5.28. The van der Waals surface area contributed by atoms with Gasteiger partial charge < -0.3 is 15.0 Å². The van der Waals surface area contributed by atoms with E-state index >= 15 is 0 Å². The summed E-state index contributed by atoms with van der Waals surface area (Å²) in [5, 5.41) is 3.56. The summed E-state index contributed by atoms with van der Waals surface area (Å²) in [7, 11) is 4.04. The zero-order valence-corrected chi connectivity index (χ0v) is 11.2. The quantitative estimate of drug-likeness (QED) is 0.686. The second kappa shape index (κ2) is 8.04. The van der Waals surface area contributed by atoms with Crippen LogP contribution in [-0.2, 0) is 4.74 Å². The van der Waals surface area contributed by atoms with Crippen molar-refractivity contribution < 1.29 is 4.74 Å². The molecule has 1 saturated carbocycles. The van der Waals surface area contributed by atoms with E-state index in [4.69, 9.17) is 4.74 Å². The number of likely N-dealkylation sites (N-methyl/N-ethyl adjacent to an activating group) is 1. The van der Waals surface area contributed by atoms with E-state index in [1.54, 1.807) is 7.11 Å². The van der Waals surface area contributed by atoms with Crippen molar-refractivity contribution in [1.29, 1.82) is 0 Å². The predicted octanol–water partition coefficient (Wildman–Crippen LogP) is 1.88. The molecule has 1 aliphatic rings. The first kappa shape index (κ1) is 13.9. The van der Waals surface area contributed by atoms with Crippen molar-refractivity contribution in [2.75, 3.05) is 33.9 Å². The molecular formula is C13H28N2O. The number of hydrogen-bond acceptors (Lipinski definition) is 3. The van der Waals surface area contributed by atoms with Gasteiger partial charge in [-0.1, -0.05) is 19.8 Å². The van der Waals surface area contributed by atoms with E-state index in [2.05, 4.69) is 24.2 Å². The molecule has 0 heterocycles. The van der Waals surface area contributed by atoms with Crippen LogP contribution in [0.15, 0.2) is 0 Å². The summed E-state index contributed by atoms with van der Waals surface area (Å²) in [5.74, 6) is 0. The Morgan fingerprint density at radius 3 is 2.62 bits per heavy atom. The molecule has 16 heavy (non-hydrogen) atoms. The molecular weight excluding hydrogens is 200 g/mol. The fourth-order valence-electron chi connectivity index (χ4n) is 2.57. The second-order valence-electron chi connectivity index (χ2n) is 4.98. The van der Waals surface area contributed by atoms with Crippen LogP contribution in [0.3, 0.4) is 0 Å². The molecule has 0 radical (unpaired) electrons. The average molecular weight is 228 g/mol. The van der Waals surface area contributed by atoms with Gasteiger partial charge in [0.25, 0.3) is 0 Å². The van der Waals surface area contributed by atoms with Gasteiger partial charge in [0.2, 0.25) is 0 Å². The number of ether oxygens (including phenoxy) is 1. The van der Waals surface area contributed by atoms with E-state index in [0.717, 1.165) is 25.7 Å². The van der Waals surface area contributed by atoms with Crippen molar-refractivity contribution in [1.82, 2.24) is 10.2 Å². The molecule has 1 atom stereocenters. The van der Waals surface area contributed by atoms with E-state index in [1.807, 2.05) is 0 Å². The van der Waals surface area contributed by atoms with Crippen molar-refractivity contribution in [3.05, 3.63) is 0 Å². The minimum Gasteiger partial charge on any atom is -0.383 e. The lowest BCUT2D eigenvalue weighted by Gasteiger charge is -2.29. The first-order valence-electron chi connectivity index (χ1n) is 6.70. The largest absolute Gasteiger partial charge is 0.383 e. The lowest BCUT2D eigenvalue weighted by molar-refractivity contribution is 0.132. The number of nitrogens with zero attached hydrogens (tertiary/aromatic N) is 1. The highest BCUT2D eigenvalue weighted by atomic mass is 16.5. The predicted molar refractivity (Wildman–Crippen MR) is 68.8 cm³/mol. The maximum absolute atomic E-state index is 5.28. The van der Waals surface area contributed by atoms with E-state index < -0.39 is 0 Å². The molecule has 1 aliphatic carbocycles. The summed E-state index contributed by atoms with van der Waals surface area (Å²) >= 11 is 0. The van der Waals surface area contributed by atoms with Gasteiger partial charge in [-0.2, -0.15) is 0 Å². The van der Waals surface area contributed by atoms with Crippen LogP contribution in [0.1, 0.15) is 39.0 Å². The Morgan fingerprint density at radius 1 is 1.38 bits per heavy atom. The molecule has 0 amide bonds. The summed E-state index contributed by atoms with van der Waals surface area (Å²) in [6.45, 7) is 5.22. The van der Waals surface area contributed by atoms with E-state index in [9.17, 15) is 0 Å². The van der Waals surface area contributed by atoms with E-state index in [1.165, 1.54) is 32.1 Å². The monoisotopic (exact) mass is 228 g/mol. The third kappa shape index (κ3) is 4.81.